The minimum Gasteiger partial charge on any atom is -0.325 e. The predicted molar refractivity (Wildman–Crippen MR) is 128 cm³/mol. The highest BCUT2D eigenvalue weighted by atomic mass is 35.5. The minimum atomic E-state index is -1.25. The number of fused-ring (bicyclic) bond motifs is 2. The molecule has 33 heavy (non-hydrogen) atoms. The Morgan fingerprint density at radius 2 is 1.79 bits per heavy atom. The van der Waals surface area contributed by atoms with Gasteiger partial charge in [0, 0.05) is 28.3 Å². The van der Waals surface area contributed by atoms with E-state index in [0.29, 0.717) is 35.0 Å². The molecular weight excluding hydrogens is 444 g/mol. The van der Waals surface area contributed by atoms with Gasteiger partial charge < -0.3 is 5.32 Å². The van der Waals surface area contributed by atoms with Crippen LogP contribution in [0.2, 0.25) is 5.02 Å². The maximum absolute atomic E-state index is 13.7. The van der Waals surface area contributed by atoms with E-state index >= 15 is 0 Å². The maximum atomic E-state index is 13.7. The summed E-state index contributed by atoms with van der Waals surface area (Å²) in [6.45, 7) is 7.71. The average Bonchev–Trinajstić information content (AvgIpc) is 3.04. The molecule has 0 heterocycles. The molecule has 2 aliphatic carbocycles. The lowest BCUT2D eigenvalue weighted by Gasteiger charge is -2.37. The molecule has 0 spiro atoms. The van der Waals surface area contributed by atoms with Gasteiger partial charge in [-0.05, 0) is 61.1 Å². The Hall–Kier alpha value is -3.26. The number of carbonyl (C=O) groups excluding carboxylic acids is 2. The Morgan fingerprint density at radius 3 is 2.39 bits per heavy atom. The molecule has 2 aromatic carbocycles. The standard InChI is InChI=1S/C24H25ClN4O4/c1-14-13-15(25)5-10-18(14)26-21(31)24-12-11-23(4,22(24,2)3)19(20(24)30)28-27-16-6-8-17(9-7-16)29(32)33/h5-10,13,27H,11-12H2,1-4H3,(H,26,31)/b28-19+. The molecule has 2 aromatic rings. The van der Waals surface area contributed by atoms with Crippen LogP contribution in [-0.4, -0.2) is 22.3 Å². The second-order valence-corrected chi connectivity index (χ2v) is 9.92. The van der Waals surface area contributed by atoms with Gasteiger partial charge in [0.2, 0.25) is 5.91 Å². The van der Waals surface area contributed by atoms with Crippen LogP contribution in [0.5, 0.6) is 0 Å². The van der Waals surface area contributed by atoms with Crippen molar-refractivity contribution in [3.8, 4) is 0 Å². The number of non-ortho nitro benzene ring substituents is 1. The number of nitrogens with one attached hydrogen (secondary N) is 2. The van der Waals surface area contributed by atoms with Crippen LogP contribution in [0.25, 0.3) is 0 Å². The fourth-order valence-corrected chi connectivity index (χ4v) is 5.47. The second-order valence-electron chi connectivity index (χ2n) is 9.48. The highest BCUT2D eigenvalue weighted by molar-refractivity contribution is 6.51. The van der Waals surface area contributed by atoms with Crippen LogP contribution in [0, 0.1) is 33.3 Å². The lowest BCUT2D eigenvalue weighted by atomic mass is 9.64. The van der Waals surface area contributed by atoms with Crippen molar-refractivity contribution in [1.82, 2.24) is 0 Å². The maximum Gasteiger partial charge on any atom is 0.269 e. The second kappa shape index (κ2) is 7.66. The molecule has 0 aromatic heterocycles. The summed E-state index contributed by atoms with van der Waals surface area (Å²) in [7, 11) is 0. The summed E-state index contributed by atoms with van der Waals surface area (Å²) in [6, 6.07) is 11.0. The summed E-state index contributed by atoms with van der Waals surface area (Å²) in [5.41, 5.74) is 2.55. The Balaban J connectivity index is 1.66. The first-order valence-electron chi connectivity index (χ1n) is 10.6. The van der Waals surface area contributed by atoms with Crippen LogP contribution in [0.4, 0.5) is 17.1 Å². The molecule has 0 radical (unpaired) electrons. The fourth-order valence-electron chi connectivity index (χ4n) is 5.25. The van der Waals surface area contributed by atoms with Gasteiger partial charge in [0.25, 0.3) is 5.69 Å². The predicted octanol–water partition coefficient (Wildman–Crippen LogP) is 5.36. The smallest absolute Gasteiger partial charge is 0.269 e. The monoisotopic (exact) mass is 468 g/mol. The summed E-state index contributed by atoms with van der Waals surface area (Å²) in [6.07, 6.45) is 1.07. The van der Waals surface area contributed by atoms with E-state index in [1.165, 1.54) is 24.3 Å². The molecule has 2 fully saturated rings. The minimum absolute atomic E-state index is 0.0367. The molecule has 2 bridgehead atoms. The van der Waals surface area contributed by atoms with Crippen LogP contribution in [0.3, 0.4) is 0 Å². The van der Waals surface area contributed by atoms with E-state index in [9.17, 15) is 19.7 Å². The van der Waals surface area contributed by atoms with Crippen LogP contribution in [-0.2, 0) is 9.59 Å². The van der Waals surface area contributed by atoms with Crippen LogP contribution < -0.4 is 10.7 Å². The topological polar surface area (TPSA) is 114 Å². The molecule has 172 valence electrons. The van der Waals surface area contributed by atoms with Gasteiger partial charge in [-0.3, -0.25) is 25.1 Å². The van der Waals surface area contributed by atoms with Crippen molar-refractivity contribution in [2.75, 3.05) is 10.7 Å². The van der Waals surface area contributed by atoms with Crippen LogP contribution in [0.1, 0.15) is 39.2 Å². The highest BCUT2D eigenvalue weighted by Gasteiger charge is 2.76. The van der Waals surface area contributed by atoms with Crippen molar-refractivity contribution in [2.45, 2.75) is 40.5 Å². The van der Waals surface area contributed by atoms with E-state index in [-0.39, 0.29) is 17.4 Å². The number of benzene rings is 2. The Labute approximate surface area is 196 Å². The lowest BCUT2D eigenvalue weighted by Crippen LogP contribution is -2.47. The quantitative estimate of drug-likeness (QED) is 0.348. The number of aryl methyl sites for hydroxylation is 1. The van der Waals surface area contributed by atoms with E-state index in [0.717, 1.165) is 5.56 Å². The summed E-state index contributed by atoms with van der Waals surface area (Å²) in [4.78, 5) is 37.7. The number of nitro groups is 1. The highest BCUT2D eigenvalue weighted by Crippen LogP contribution is 2.69. The number of halogens is 1. The van der Waals surface area contributed by atoms with Gasteiger partial charge in [0.05, 0.1) is 10.6 Å². The molecule has 4 rings (SSSR count). The van der Waals surface area contributed by atoms with Gasteiger partial charge in [-0.15, -0.1) is 0 Å². The zero-order valence-electron chi connectivity index (χ0n) is 18.9. The van der Waals surface area contributed by atoms with Crippen molar-refractivity contribution in [1.29, 1.82) is 0 Å². The number of hydrogen-bond acceptors (Lipinski definition) is 6. The molecule has 2 saturated carbocycles. The van der Waals surface area contributed by atoms with Crippen molar-refractivity contribution in [2.24, 2.45) is 21.3 Å². The van der Waals surface area contributed by atoms with Crippen molar-refractivity contribution >= 4 is 46.1 Å². The molecule has 2 aliphatic rings. The molecule has 9 heteroatoms. The van der Waals surface area contributed by atoms with Gasteiger partial charge in [-0.25, -0.2) is 0 Å². The first-order valence-corrected chi connectivity index (χ1v) is 11.0. The number of nitrogens with zero attached hydrogens (tertiary/aromatic N) is 2. The zero-order chi connectivity index (χ0) is 24.2. The summed E-state index contributed by atoms with van der Waals surface area (Å²) in [5.74, 6) is -0.632. The summed E-state index contributed by atoms with van der Waals surface area (Å²) < 4.78 is 0. The Morgan fingerprint density at radius 1 is 1.12 bits per heavy atom. The van der Waals surface area contributed by atoms with Crippen molar-refractivity contribution in [3.63, 3.8) is 0 Å². The Bertz CT molecular complexity index is 1210. The number of ketones is 1. The SMILES string of the molecule is Cc1cc(Cl)ccc1NC(=O)C12CCC(C)(/C(=N/Nc3ccc([N+](=O)[O-])cc3)C1=O)C2(C)C. The lowest BCUT2D eigenvalue weighted by molar-refractivity contribution is -0.384. The largest absolute Gasteiger partial charge is 0.325 e. The van der Waals surface area contributed by atoms with E-state index in [1.807, 2.05) is 27.7 Å². The number of hydrogen-bond donors (Lipinski definition) is 2. The molecule has 2 N–H and O–H groups in total. The van der Waals surface area contributed by atoms with E-state index in [1.54, 1.807) is 18.2 Å². The van der Waals surface area contributed by atoms with Gasteiger partial charge in [0.15, 0.2) is 5.78 Å². The first-order chi connectivity index (χ1) is 15.4. The third kappa shape index (κ3) is 3.23. The van der Waals surface area contributed by atoms with Gasteiger partial charge in [0.1, 0.15) is 11.1 Å². The first kappa shape index (κ1) is 22.9. The van der Waals surface area contributed by atoms with Crippen LogP contribution >= 0.6 is 11.6 Å². The van der Waals surface area contributed by atoms with Crippen LogP contribution in [0.15, 0.2) is 47.6 Å². The van der Waals surface area contributed by atoms with Gasteiger partial charge >= 0.3 is 0 Å². The number of carbonyl (C=O) groups is 2. The molecule has 2 atom stereocenters. The number of amides is 1. The molecule has 8 nitrogen and oxygen atoms in total. The number of hydrazone groups is 1. The number of rotatable bonds is 5. The van der Waals surface area contributed by atoms with E-state index in [2.05, 4.69) is 15.8 Å². The zero-order valence-corrected chi connectivity index (χ0v) is 19.6. The van der Waals surface area contributed by atoms with E-state index in [4.69, 9.17) is 11.6 Å². The van der Waals surface area contributed by atoms with Gasteiger partial charge in [-0.2, -0.15) is 5.10 Å². The Kier molecular flexibility index (Phi) is 5.32. The average molecular weight is 469 g/mol. The fraction of sp³-hybridized carbons (Fsp3) is 0.375. The number of nitro benzene ring substituents is 1. The normalized spacial score (nSPS) is 26.5. The molecule has 0 aliphatic heterocycles. The summed E-state index contributed by atoms with van der Waals surface area (Å²) >= 11 is 6.03. The molecule has 0 saturated heterocycles. The molecule has 1 amide bonds. The molecular formula is C24H25ClN4O4. The van der Waals surface area contributed by atoms with Crippen molar-refractivity contribution in [3.05, 3.63) is 63.2 Å². The van der Waals surface area contributed by atoms with E-state index < -0.39 is 21.2 Å². The third-order valence-electron chi connectivity index (χ3n) is 7.77. The summed E-state index contributed by atoms with van der Waals surface area (Å²) in [5, 5.41) is 18.8. The number of Topliss-reactive ketones (excluding diaryl/α,β-unsaturated/α-hetero) is 1. The van der Waals surface area contributed by atoms with Gasteiger partial charge in [-0.1, -0.05) is 32.4 Å². The van der Waals surface area contributed by atoms with Crippen molar-refractivity contribution < 1.29 is 14.5 Å². The number of anilines is 2. The third-order valence-corrected chi connectivity index (χ3v) is 8.01. The molecule has 2 unspecified atom stereocenters.